The minimum absolute atomic E-state index is 0.0205. The topological polar surface area (TPSA) is 193 Å². The highest BCUT2D eigenvalue weighted by molar-refractivity contribution is 7.90. The Labute approximate surface area is 404 Å². The number of β-amino-alcohol motifs (C(OH)–C–C–N with tert-alkyl or cyclic N) is 1. The quantitative estimate of drug-likeness (QED) is 0.0569. The summed E-state index contributed by atoms with van der Waals surface area (Å²) in [6.45, 7) is 9.05. The Morgan fingerprint density at radius 2 is 1.65 bits per heavy atom. The number of nitrogens with one attached hydrogen (secondary N) is 2. The zero-order valence-corrected chi connectivity index (χ0v) is 40.7. The van der Waals surface area contributed by atoms with Gasteiger partial charge in [0.05, 0.1) is 44.9 Å². The maximum absolute atomic E-state index is 15.6. The van der Waals surface area contributed by atoms with Crippen LogP contribution in [0.1, 0.15) is 98.2 Å². The molecule has 2 aliphatic rings. The second-order valence-corrected chi connectivity index (χ2v) is 21.7. The van der Waals surface area contributed by atoms with Crippen molar-refractivity contribution in [3.05, 3.63) is 130 Å². The second kappa shape index (κ2) is 21.1. The molecule has 2 aromatic heterocycles. The fourth-order valence-electron chi connectivity index (χ4n) is 8.90. The number of ketones is 2. The number of sulfone groups is 1. The number of halogens is 2. The molecule has 69 heavy (non-hydrogen) atoms. The van der Waals surface area contributed by atoms with Gasteiger partial charge in [-0.2, -0.15) is 0 Å². The van der Waals surface area contributed by atoms with Crippen molar-refractivity contribution in [3.8, 4) is 21.6 Å². The number of hydrogen-bond acceptors (Lipinski definition) is 11. The van der Waals surface area contributed by atoms with Gasteiger partial charge in [0.25, 0.3) is 0 Å². The number of nitrogens with zero attached hydrogens (tertiary/aromatic N) is 3. The number of pyridine rings is 1. The van der Waals surface area contributed by atoms with Crippen LogP contribution in [0.25, 0.3) is 27.1 Å². The number of aryl methyl sites for hydroxylation is 1. The third-order valence-electron chi connectivity index (χ3n) is 12.4. The van der Waals surface area contributed by atoms with Crippen molar-refractivity contribution < 1.29 is 46.3 Å². The Kier molecular flexibility index (Phi) is 15.5. The SMILES string of the molecule is CCCS(=O)(=O)Cc1ccc(F)c(C(=O)C2=CCc3ncc(-c4ccc(NC(=O)CCCC(=O)[C@H](C(=O)N5C[C@H](O)C[C@H]5C(=O)NCc5ccc(-c6scnc6C)cc5)C(C)(C)C)cc4)cc32)c1F. The monoisotopic (exact) mass is 979 g/mol. The number of aliphatic hydroxyl groups excluding tert-OH is 1. The van der Waals surface area contributed by atoms with Crippen molar-refractivity contribution in [3.63, 3.8) is 0 Å². The predicted molar refractivity (Wildman–Crippen MR) is 261 cm³/mol. The Morgan fingerprint density at radius 1 is 0.942 bits per heavy atom. The molecular formula is C52H55F2N5O8S2. The first kappa shape index (κ1) is 50.6. The van der Waals surface area contributed by atoms with Gasteiger partial charge in [-0.15, -0.1) is 11.3 Å². The van der Waals surface area contributed by atoms with Crippen molar-refractivity contribution in [1.82, 2.24) is 20.2 Å². The van der Waals surface area contributed by atoms with E-state index in [1.54, 1.807) is 87.1 Å². The van der Waals surface area contributed by atoms with Crippen LogP contribution in [0.4, 0.5) is 14.5 Å². The fourth-order valence-corrected chi connectivity index (χ4v) is 11.2. The highest BCUT2D eigenvalue weighted by Gasteiger charge is 2.46. The van der Waals surface area contributed by atoms with Gasteiger partial charge in [-0.05, 0) is 66.1 Å². The average Bonchev–Trinajstić information content (AvgIpc) is 4.04. The lowest BCUT2D eigenvalue weighted by atomic mass is 9.76. The number of amides is 3. The summed E-state index contributed by atoms with van der Waals surface area (Å²) in [5.74, 6) is -6.89. The van der Waals surface area contributed by atoms with Crippen LogP contribution in [0.2, 0.25) is 0 Å². The molecule has 0 unspecified atom stereocenters. The van der Waals surface area contributed by atoms with Crippen LogP contribution in [-0.4, -0.2) is 82.1 Å². The molecule has 5 aromatic rings. The largest absolute Gasteiger partial charge is 0.391 e. The molecule has 17 heteroatoms. The van der Waals surface area contributed by atoms with E-state index in [2.05, 4.69) is 20.6 Å². The van der Waals surface area contributed by atoms with E-state index in [0.29, 0.717) is 34.5 Å². The molecule has 13 nitrogen and oxygen atoms in total. The van der Waals surface area contributed by atoms with E-state index in [-0.39, 0.29) is 73.8 Å². The van der Waals surface area contributed by atoms with Crippen molar-refractivity contribution in [1.29, 1.82) is 0 Å². The minimum Gasteiger partial charge on any atom is -0.391 e. The normalized spacial score (nSPS) is 16.2. The molecule has 7 rings (SSSR count). The number of aliphatic hydroxyl groups is 1. The van der Waals surface area contributed by atoms with E-state index in [1.165, 1.54) is 4.90 Å². The van der Waals surface area contributed by atoms with E-state index in [0.717, 1.165) is 33.8 Å². The fraction of sp³-hybridized carbons (Fsp3) is 0.365. The number of likely N-dealkylation sites (tertiary alicyclic amines) is 1. The lowest BCUT2D eigenvalue weighted by molar-refractivity contribution is -0.149. The van der Waals surface area contributed by atoms with Gasteiger partial charge in [-0.3, -0.25) is 29.0 Å². The van der Waals surface area contributed by atoms with Gasteiger partial charge in [0.15, 0.2) is 15.6 Å². The molecule has 0 bridgehead atoms. The summed E-state index contributed by atoms with van der Waals surface area (Å²) in [6, 6.07) is 17.2. The van der Waals surface area contributed by atoms with Gasteiger partial charge in [0.2, 0.25) is 17.7 Å². The third kappa shape index (κ3) is 11.8. The molecule has 3 atom stereocenters. The minimum atomic E-state index is -3.67. The standard InChI is InChI=1S/C52H55F2N5O8S2/c1-6-22-69(66,67)28-34-16-20-40(53)45(47(34)54)48(63)38-19-21-41-39(38)23-35(26-55-41)32-14-17-36(18-15-32)58-44(62)9-7-8-43(61)46(52(3,4)5)51(65)59-27-37(60)24-42(59)50(64)56-25-31-10-12-33(13-11-31)49-30(2)57-29-68-49/h10-20,23,26,29,37,42,46,60H,6-9,21-22,24-25,27-28H2,1-5H3,(H,56,64)(H,58,62)/t37-,42+,46-/m1/s1. The summed E-state index contributed by atoms with van der Waals surface area (Å²) in [4.78, 5) is 79.3. The highest BCUT2D eigenvalue weighted by atomic mass is 32.2. The molecule has 1 aliphatic carbocycles. The van der Waals surface area contributed by atoms with Crippen LogP contribution in [-0.2, 0) is 47.7 Å². The van der Waals surface area contributed by atoms with Crippen LogP contribution >= 0.6 is 11.3 Å². The van der Waals surface area contributed by atoms with Crippen LogP contribution in [0, 0.1) is 29.9 Å². The average molecular weight is 980 g/mol. The molecule has 1 saturated heterocycles. The summed E-state index contributed by atoms with van der Waals surface area (Å²) in [7, 11) is -3.67. The summed E-state index contributed by atoms with van der Waals surface area (Å²) in [6.07, 6.45) is 2.89. The first-order valence-corrected chi connectivity index (χ1v) is 25.5. The number of hydrogen-bond donors (Lipinski definition) is 3. The summed E-state index contributed by atoms with van der Waals surface area (Å²) in [5, 5.41) is 16.3. The van der Waals surface area contributed by atoms with Gasteiger partial charge >= 0.3 is 0 Å². The van der Waals surface area contributed by atoms with E-state index >= 15 is 8.78 Å². The number of rotatable bonds is 18. The molecule has 3 N–H and O–H groups in total. The summed E-state index contributed by atoms with van der Waals surface area (Å²) >= 11 is 1.55. The van der Waals surface area contributed by atoms with Crippen LogP contribution < -0.4 is 10.6 Å². The van der Waals surface area contributed by atoms with Crippen molar-refractivity contribution in [2.75, 3.05) is 17.6 Å². The van der Waals surface area contributed by atoms with Crippen LogP contribution in [0.3, 0.4) is 0 Å². The number of carbonyl (C=O) groups is 5. The molecule has 3 heterocycles. The second-order valence-electron chi connectivity index (χ2n) is 18.7. The van der Waals surface area contributed by atoms with Crippen molar-refractivity contribution in [2.45, 2.75) is 97.6 Å². The summed E-state index contributed by atoms with van der Waals surface area (Å²) in [5.41, 5.74) is 5.37. The Bertz CT molecular complexity index is 2930. The molecule has 3 amide bonds. The maximum atomic E-state index is 15.6. The Morgan fingerprint density at radius 3 is 2.32 bits per heavy atom. The number of thiazole rings is 1. The van der Waals surface area contributed by atoms with Gasteiger partial charge in [-0.1, -0.05) is 76.2 Å². The van der Waals surface area contributed by atoms with E-state index in [9.17, 15) is 37.5 Å². The number of fused-ring (bicyclic) bond motifs is 1. The van der Waals surface area contributed by atoms with Crippen LogP contribution in [0.15, 0.2) is 84.5 Å². The number of anilines is 1. The number of carbonyl (C=O) groups excluding carboxylic acids is 5. The van der Waals surface area contributed by atoms with Gasteiger partial charge < -0.3 is 20.6 Å². The summed E-state index contributed by atoms with van der Waals surface area (Å²) < 4.78 is 55.5. The smallest absolute Gasteiger partial charge is 0.243 e. The molecule has 0 radical (unpaired) electrons. The van der Waals surface area contributed by atoms with E-state index < -0.39 is 73.9 Å². The lowest BCUT2D eigenvalue weighted by Gasteiger charge is -2.34. The number of Topliss-reactive ketones (excluding diaryl/α,β-unsaturated/α-hetero) is 2. The number of benzene rings is 3. The van der Waals surface area contributed by atoms with Gasteiger partial charge in [0.1, 0.15) is 29.4 Å². The zero-order chi connectivity index (χ0) is 49.8. The highest BCUT2D eigenvalue weighted by Crippen LogP contribution is 2.36. The molecular weight excluding hydrogens is 925 g/mol. The number of aromatic nitrogens is 2. The first-order valence-electron chi connectivity index (χ1n) is 22.8. The van der Waals surface area contributed by atoms with Gasteiger partial charge in [-0.25, -0.2) is 22.2 Å². The Hall–Kier alpha value is -6.30. The molecule has 0 spiro atoms. The molecule has 1 fully saturated rings. The van der Waals surface area contributed by atoms with Crippen molar-refractivity contribution >= 4 is 61.7 Å². The first-order chi connectivity index (χ1) is 32.7. The Balaban J connectivity index is 0.930. The molecule has 1 aliphatic heterocycles. The lowest BCUT2D eigenvalue weighted by Crippen LogP contribution is -2.51. The van der Waals surface area contributed by atoms with E-state index in [1.807, 2.05) is 31.2 Å². The number of allylic oxidation sites excluding steroid dienone is 2. The van der Waals surface area contributed by atoms with Crippen LogP contribution in [0.5, 0.6) is 0 Å². The molecule has 0 saturated carbocycles. The molecule has 362 valence electrons. The molecule has 3 aromatic carbocycles. The van der Waals surface area contributed by atoms with E-state index in [4.69, 9.17) is 0 Å². The predicted octanol–water partition coefficient (Wildman–Crippen LogP) is 8.22. The third-order valence-corrected chi connectivity index (χ3v) is 15.1. The van der Waals surface area contributed by atoms with Crippen molar-refractivity contribution in [2.24, 2.45) is 11.3 Å². The zero-order valence-electron chi connectivity index (χ0n) is 39.1. The van der Waals surface area contributed by atoms with Gasteiger partial charge in [0, 0.05) is 72.9 Å². The maximum Gasteiger partial charge on any atom is 0.243 e.